The summed E-state index contributed by atoms with van der Waals surface area (Å²) < 4.78 is 5.52. The van der Waals surface area contributed by atoms with Crippen LogP contribution in [-0.4, -0.2) is 16.1 Å². The predicted molar refractivity (Wildman–Crippen MR) is 67.5 cm³/mol. The van der Waals surface area contributed by atoms with Crippen molar-refractivity contribution in [3.05, 3.63) is 52.7 Å². The summed E-state index contributed by atoms with van der Waals surface area (Å²) in [4.78, 5) is 14.9. The fourth-order valence-electron chi connectivity index (χ4n) is 1.44. The number of nitrogens with zero attached hydrogens (tertiary/aromatic N) is 1. The third-order valence-electron chi connectivity index (χ3n) is 2.39. The van der Waals surface area contributed by atoms with Crippen molar-refractivity contribution in [2.24, 2.45) is 0 Å². The van der Waals surface area contributed by atoms with Crippen molar-refractivity contribution in [1.82, 2.24) is 4.98 Å². The Kier molecular flexibility index (Phi) is 3.48. The Balaban J connectivity index is 2.39. The molecule has 0 saturated heterocycles. The number of aromatic nitrogens is 1. The molecule has 0 unspecified atom stereocenters. The van der Waals surface area contributed by atoms with E-state index >= 15 is 0 Å². The second-order valence-corrected chi connectivity index (χ2v) is 4.03. The number of carboxylic acids is 1. The summed E-state index contributed by atoms with van der Waals surface area (Å²) in [6.07, 6.45) is 1.35. The van der Waals surface area contributed by atoms with E-state index in [0.29, 0.717) is 5.75 Å². The number of ether oxygens (including phenoxy) is 1. The van der Waals surface area contributed by atoms with Crippen molar-refractivity contribution in [2.45, 2.75) is 6.92 Å². The molecule has 0 fully saturated rings. The molecule has 5 heteroatoms. The highest BCUT2D eigenvalue weighted by Crippen LogP contribution is 2.31. The van der Waals surface area contributed by atoms with Gasteiger partial charge in [0.25, 0.3) is 0 Å². The summed E-state index contributed by atoms with van der Waals surface area (Å²) in [5, 5.41) is 8.94. The quantitative estimate of drug-likeness (QED) is 0.920. The third kappa shape index (κ3) is 2.43. The van der Waals surface area contributed by atoms with Crippen LogP contribution in [0.25, 0.3) is 0 Å². The molecule has 18 heavy (non-hydrogen) atoms. The molecule has 0 aliphatic rings. The summed E-state index contributed by atoms with van der Waals surface area (Å²) in [7, 11) is 0. The Bertz CT molecular complexity index is 599. The maximum atomic E-state index is 10.9. The number of carboxylic acid groups (broad SMARTS) is 1. The number of hydrogen-bond donors (Lipinski definition) is 1. The lowest BCUT2D eigenvalue weighted by Gasteiger charge is -2.09. The number of pyridine rings is 1. The minimum Gasteiger partial charge on any atom is -0.478 e. The molecular formula is C13H10ClNO3. The molecular weight excluding hydrogens is 254 g/mol. The highest BCUT2D eigenvalue weighted by molar-refractivity contribution is 6.34. The van der Waals surface area contributed by atoms with Crippen LogP contribution in [0.15, 0.2) is 36.5 Å². The molecule has 0 saturated carbocycles. The number of benzene rings is 1. The van der Waals surface area contributed by atoms with Gasteiger partial charge in [-0.15, -0.1) is 0 Å². The fourth-order valence-corrected chi connectivity index (χ4v) is 1.67. The van der Waals surface area contributed by atoms with E-state index in [1.165, 1.54) is 12.3 Å². The number of aryl methyl sites for hydroxylation is 1. The Morgan fingerprint density at radius 2 is 2.06 bits per heavy atom. The molecule has 92 valence electrons. The molecule has 1 aromatic carbocycles. The summed E-state index contributed by atoms with van der Waals surface area (Å²) >= 11 is 5.94. The van der Waals surface area contributed by atoms with Gasteiger partial charge in [0.15, 0.2) is 0 Å². The van der Waals surface area contributed by atoms with Gasteiger partial charge in [-0.2, -0.15) is 0 Å². The summed E-state index contributed by atoms with van der Waals surface area (Å²) in [5.74, 6) is -0.433. The minimum atomic E-state index is -1.11. The first-order valence-corrected chi connectivity index (χ1v) is 5.58. The molecule has 1 aromatic heterocycles. The summed E-state index contributed by atoms with van der Waals surface area (Å²) in [5.41, 5.74) is 0.881. The van der Waals surface area contributed by atoms with Crippen LogP contribution in [-0.2, 0) is 0 Å². The smallest absolute Gasteiger partial charge is 0.337 e. The van der Waals surface area contributed by atoms with E-state index < -0.39 is 5.97 Å². The van der Waals surface area contributed by atoms with Crippen LogP contribution in [0.5, 0.6) is 11.6 Å². The SMILES string of the molecule is Cc1ccccc1Oc1nccc(C(=O)O)c1Cl. The van der Waals surface area contributed by atoms with E-state index in [0.717, 1.165) is 5.56 Å². The second kappa shape index (κ2) is 5.06. The van der Waals surface area contributed by atoms with E-state index in [1.54, 1.807) is 6.07 Å². The predicted octanol–water partition coefficient (Wildman–Crippen LogP) is 3.53. The van der Waals surface area contributed by atoms with Gasteiger partial charge in [-0.3, -0.25) is 0 Å². The molecule has 0 amide bonds. The van der Waals surface area contributed by atoms with Crippen LogP contribution in [0, 0.1) is 6.92 Å². The lowest BCUT2D eigenvalue weighted by Crippen LogP contribution is -2.00. The first kappa shape index (κ1) is 12.4. The number of hydrogen-bond acceptors (Lipinski definition) is 3. The summed E-state index contributed by atoms with van der Waals surface area (Å²) in [6, 6.07) is 8.67. The van der Waals surface area contributed by atoms with Gasteiger partial charge in [-0.1, -0.05) is 29.8 Å². The lowest BCUT2D eigenvalue weighted by atomic mass is 10.2. The number of para-hydroxylation sites is 1. The van der Waals surface area contributed by atoms with Gasteiger partial charge in [0.05, 0.1) is 5.56 Å². The van der Waals surface area contributed by atoms with Crippen molar-refractivity contribution < 1.29 is 14.6 Å². The van der Waals surface area contributed by atoms with Crippen molar-refractivity contribution in [3.8, 4) is 11.6 Å². The molecule has 0 bridgehead atoms. The van der Waals surface area contributed by atoms with Crippen molar-refractivity contribution in [3.63, 3.8) is 0 Å². The van der Waals surface area contributed by atoms with Crippen LogP contribution >= 0.6 is 11.6 Å². The highest BCUT2D eigenvalue weighted by Gasteiger charge is 2.15. The Labute approximate surface area is 109 Å². The highest BCUT2D eigenvalue weighted by atomic mass is 35.5. The third-order valence-corrected chi connectivity index (χ3v) is 2.75. The average molecular weight is 264 g/mol. The van der Waals surface area contributed by atoms with Gasteiger partial charge in [-0.25, -0.2) is 9.78 Å². The maximum Gasteiger partial charge on any atom is 0.337 e. The van der Waals surface area contributed by atoms with Gasteiger partial charge in [0, 0.05) is 6.20 Å². The van der Waals surface area contributed by atoms with Gasteiger partial charge in [0.2, 0.25) is 5.88 Å². The lowest BCUT2D eigenvalue weighted by molar-refractivity contribution is 0.0696. The number of halogens is 1. The van der Waals surface area contributed by atoms with E-state index in [1.807, 2.05) is 25.1 Å². The number of aromatic carboxylic acids is 1. The molecule has 1 N–H and O–H groups in total. The van der Waals surface area contributed by atoms with Crippen LogP contribution in [0.4, 0.5) is 0 Å². The van der Waals surface area contributed by atoms with Crippen LogP contribution in [0.2, 0.25) is 5.02 Å². The number of carbonyl (C=O) groups is 1. The molecule has 1 heterocycles. The van der Waals surface area contributed by atoms with Gasteiger partial charge < -0.3 is 9.84 Å². The molecule has 0 aliphatic carbocycles. The van der Waals surface area contributed by atoms with Crippen LogP contribution in [0.1, 0.15) is 15.9 Å². The van der Waals surface area contributed by atoms with E-state index in [2.05, 4.69) is 4.98 Å². The zero-order valence-electron chi connectivity index (χ0n) is 9.55. The molecule has 2 rings (SSSR count). The Hall–Kier alpha value is -2.07. The van der Waals surface area contributed by atoms with Crippen molar-refractivity contribution >= 4 is 17.6 Å². The van der Waals surface area contributed by atoms with Crippen molar-refractivity contribution in [2.75, 3.05) is 0 Å². The molecule has 0 atom stereocenters. The standard InChI is InChI=1S/C13H10ClNO3/c1-8-4-2-3-5-10(8)18-12-11(14)9(13(16)17)6-7-15-12/h2-7H,1H3,(H,16,17). The largest absolute Gasteiger partial charge is 0.478 e. The van der Waals surface area contributed by atoms with Gasteiger partial charge >= 0.3 is 5.97 Å². The Morgan fingerprint density at radius 1 is 1.33 bits per heavy atom. The number of rotatable bonds is 3. The van der Waals surface area contributed by atoms with E-state index in [-0.39, 0.29) is 16.5 Å². The van der Waals surface area contributed by atoms with E-state index in [4.69, 9.17) is 21.4 Å². The molecule has 0 spiro atoms. The van der Waals surface area contributed by atoms with Crippen LogP contribution in [0.3, 0.4) is 0 Å². The monoisotopic (exact) mass is 263 g/mol. The second-order valence-electron chi connectivity index (χ2n) is 3.65. The average Bonchev–Trinajstić information content (AvgIpc) is 2.34. The van der Waals surface area contributed by atoms with E-state index in [9.17, 15) is 4.79 Å². The first-order valence-electron chi connectivity index (χ1n) is 5.21. The first-order chi connectivity index (χ1) is 8.59. The molecule has 2 aromatic rings. The molecule has 4 nitrogen and oxygen atoms in total. The van der Waals surface area contributed by atoms with Crippen LogP contribution < -0.4 is 4.74 Å². The maximum absolute atomic E-state index is 10.9. The zero-order valence-corrected chi connectivity index (χ0v) is 10.3. The zero-order chi connectivity index (χ0) is 13.1. The van der Waals surface area contributed by atoms with Gasteiger partial charge in [-0.05, 0) is 24.6 Å². The summed E-state index contributed by atoms with van der Waals surface area (Å²) in [6.45, 7) is 1.88. The molecule has 0 radical (unpaired) electrons. The van der Waals surface area contributed by atoms with Gasteiger partial charge in [0.1, 0.15) is 10.8 Å². The minimum absolute atomic E-state index is 0.00625. The Morgan fingerprint density at radius 3 is 2.72 bits per heavy atom. The topological polar surface area (TPSA) is 59.4 Å². The molecule has 0 aliphatic heterocycles. The fraction of sp³-hybridized carbons (Fsp3) is 0.0769. The van der Waals surface area contributed by atoms with Crippen molar-refractivity contribution in [1.29, 1.82) is 0 Å². The normalized spacial score (nSPS) is 10.1.